The fraction of sp³-hybridized carbons (Fsp3) is 0.333. The van der Waals surface area contributed by atoms with Crippen LogP contribution in [-0.4, -0.2) is 32.1 Å². The van der Waals surface area contributed by atoms with E-state index in [1.54, 1.807) is 12.1 Å². The summed E-state index contributed by atoms with van der Waals surface area (Å²) in [7, 11) is 1.52. The number of hydrogen-bond donors (Lipinski definition) is 2. The van der Waals surface area contributed by atoms with Gasteiger partial charge in [-0.05, 0) is 24.6 Å². The number of hydrogen-bond acceptors (Lipinski definition) is 4. The Bertz CT molecular complexity index is 446. The summed E-state index contributed by atoms with van der Waals surface area (Å²) < 4.78 is 10.4. The van der Waals surface area contributed by atoms with Gasteiger partial charge in [-0.2, -0.15) is 0 Å². The van der Waals surface area contributed by atoms with Gasteiger partial charge in [0.05, 0.1) is 13.7 Å². The van der Waals surface area contributed by atoms with Gasteiger partial charge in [0, 0.05) is 0 Å². The number of nitrogens with one attached hydrogen (secondary N) is 1. The second kappa shape index (κ2) is 6.48. The van der Waals surface area contributed by atoms with Crippen molar-refractivity contribution >= 4 is 11.8 Å². The molecular weight excluding hydrogens is 236 g/mol. The van der Waals surface area contributed by atoms with Gasteiger partial charge >= 0.3 is 0 Å². The summed E-state index contributed by atoms with van der Waals surface area (Å²) in [6, 6.07) is 5.37. The van der Waals surface area contributed by atoms with Crippen LogP contribution in [0.25, 0.3) is 0 Å². The molecule has 6 nitrogen and oxygen atoms in total. The minimum atomic E-state index is -0.601. The molecule has 0 unspecified atom stereocenters. The number of rotatable bonds is 6. The first-order valence-electron chi connectivity index (χ1n) is 5.35. The van der Waals surface area contributed by atoms with Gasteiger partial charge < -0.3 is 20.5 Å². The standard InChI is InChI=1S/C12H16N2O4/c1-8-3-4-9(10(5-8)17-2)18-7-12(16)14-6-11(13)15/h3-5H,6-7H2,1-2H3,(H2,13,15)(H,14,16). The van der Waals surface area contributed by atoms with Gasteiger partial charge in [0.2, 0.25) is 5.91 Å². The molecule has 1 aromatic rings. The van der Waals surface area contributed by atoms with Crippen LogP contribution in [-0.2, 0) is 9.59 Å². The van der Waals surface area contributed by atoms with Crippen LogP contribution in [0.15, 0.2) is 18.2 Å². The molecule has 18 heavy (non-hydrogen) atoms. The summed E-state index contributed by atoms with van der Waals surface area (Å²) in [5, 5.41) is 2.32. The smallest absolute Gasteiger partial charge is 0.258 e. The third kappa shape index (κ3) is 4.32. The molecule has 3 N–H and O–H groups in total. The van der Waals surface area contributed by atoms with E-state index in [4.69, 9.17) is 15.2 Å². The first-order valence-corrected chi connectivity index (χ1v) is 5.35. The maximum absolute atomic E-state index is 11.3. The first kappa shape index (κ1) is 13.8. The molecule has 1 rings (SSSR count). The average Bonchev–Trinajstić information content (AvgIpc) is 2.34. The van der Waals surface area contributed by atoms with Crippen LogP contribution in [0, 0.1) is 6.92 Å². The largest absolute Gasteiger partial charge is 0.493 e. The zero-order valence-electron chi connectivity index (χ0n) is 10.4. The Balaban J connectivity index is 2.52. The SMILES string of the molecule is COc1cc(C)ccc1OCC(=O)NCC(N)=O. The molecule has 1 aromatic carbocycles. The number of carbonyl (C=O) groups excluding carboxylic acids is 2. The van der Waals surface area contributed by atoms with Crippen molar-refractivity contribution in [2.75, 3.05) is 20.3 Å². The number of ether oxygens (including phenoxy) is 2. The fourth-order valence-corrected chi connectivity index (χ4v) is 1.27. The van der Waals surface area contributed by atoms with E-state index < -0.39 is 11.8 Å². The molecule has 0 bridgehead atoms. The number of aryl methyl sites for hydroxylation is 1. The topological polar surface area (TPSA) is 90.7 Å². The van der Waals surface area contributed by atoms with Crippen molar-refractivity contribution in [1.29, 1.82) is 0 Å². The fourth-order valence-electron chi connectivity index (χ4n) is 1.27. The number of methoxy groups -OCH3 is 1. The molecule has 0 spiro atoms. The molecule has 0 heterocycles. The molecule has 0 aliphatic heterocycles. The predicted molar refractivity (Wildman–Crippen MR) is 65.4 cm³/mol. The van der Waals surface area contributed by atoms with Gasteiger partial charge in [0.25, 0.3) is 5.91 Å². The van der Waals surface area contributed by atoms with Crippen molar-refractivity contribution in [2.45, 2.75) is 6.92 Å². The monoisotopic (exact) mass is 252 g/mol. The Hall–Kier alpha value is -2.24. The number of benzene rings is 1. The Kier molecular flexibility index (Phi) is 4.98. The highest BCUT2D eigenvalue weighted by molar-refractivity contribution is 5.84. The van der Waals surface area contributed by atoms with E-state index in [1.165, 1.54) is 7.11 Å². The summed E-state index contributed by atoms with van der Waals surface area (Å²) in [4.78, 5) is 21.8. The van der Waals surface area contributed by atoms with E-state index in [9.17, 15) is 9.59 Å². The Labute approximate surface area is 105 Å². The second-order valence-electron chi connectivity index (χ2n) is 3.69. The van der Waals surface area contributed by atoms with Gasteiger partial charge in [-0.1, -0.05) is 6.07 Å². The molecule has 2 amide bonds. The minimum absolute atomic E-state index is 0.201. The highest BCUT2D eigenvalue weighted by Crippen LogP contribution is 2.27. The summed E-state index contributed by atoms with van der Waals surface area (Å²) in [6.45, 7) is 1.52. The minimum Gasteiger partial charge on any atom is -0.493 e. The van der Waals surface area contributed by atoms with Crippen molar-refractivity contribution in [3.8, 4) is 11.5 Å². The maximum Gasteiger partial charge on any atom is 0.258 e. The van der Waals surface area contributed by atoms with Gasteiger partial charge in [0.1, 0.15) is 0 Å². The summed E-state index contributed by atoms with van der Waals surface area (Å²) in [5.74, 6) is 0.00252. The Morgan fingerprint density at radius 1 is 1.33 bits per heavy atom. The second-order valence-corrected chi connectivity index (χ2v) is 3.69. The molecule has 98 valence electrons. The average molecular weight is 252 g/mol. The number of primary amides is 1. The van der Waals surface area contributed by atoms with Gasteiger partial charge in [-0.15, -0.1) is 0 Å². The summed E-state index contributed by atoms with van der Waals surface area (Å²) in [5.41, 5.74) is 5.92. The molecule has 0 fully saturated rings. The lowest BCUT2D eigenvalue weighted by Gasteiger charge is -2.10. The summed E-state index contributed by atoms with van der Waals surface area (Å²) in [6.07, 6.45) is 0. The first-order chi connectivity index (χ1) is 8.52. The van der Waals surface area contributed by atoms with E-state index >= 15 is 0 Å². The van der Waals surface area contributed by atoms with Crippen LogP contribution in [0.4, 0.5) is 0 Å². The summed E-state index contributed by atoms with van der Waals surface area (Å²) >= 11 is 0. The van der Waals surface area contributed by atoms with Crippen molar-refractivity contribution in [1.82, 2.24) is 5.32 Å². The van der Waals surface area contributed by atoms with Crippen molar-refractivity contribution < 1.29 is 19.1 Å². The Morgan fingerprint density at radius 3 is 2.67 bits per heavy atom. The molecule has 0 saturated heterocycles. The lowest BCUT2D eigenvalue weighted by molar-refractivity contribution is -0.126. The highest BCUT2D eigenvalue weighted by atomic mass is 16.5. The van der Waals surface area contributed by atoms with E-state index in [-0.39, 0.29) is 13.2 Å². The lowest BCUT2D eigenvalue weighted by atomic mass is 10.2. The van der Waals surface area contributed by atoms with Gasteiger partial charge in [-0.25, -0.2) is 0 Å². The van der Waals surface area contributed by atoms with E-state index in [1.807, 2.05) is 13.0 Å². The maximum atomic E-state index is 11.3. The molecule has 0 radical (unpaired) electrons. The van der Waals surface area contributed by atoms with Gasteiger partial charge in [-0.3, -0.25) is 9.59 Å². The third-order valence-electron chi connectivity index (χ3n) is 2.14. The van der Waals surface area contributed by atoms with Crippen LogP contribution < -0.4 is 20.5 Å². The quantitative estimate of drug-likeness (QED) is 0.744. The van der Waals surface area contributed by atoms with Crippen LogP contribution in [0.3, 0.4) is 0 Å². The normalized spacial score (nSPS) is 9.67. The van der Waals surface area contributed by atoms with Crippen LogP contribution in [0.2, 0.25) is 0 Å². The molecule has 0 saturated carbocycles. The number of carbonyl (C=O) groups is 2. The van der Waals surface area contributed by atoms with Crippen LogP contribution >= 0.6 is 0 Å². The predicted octanol–water partition coefficient (Wildman–Crippen LogP) is -0.0161. The molecule has 0 aliphatic carbocycles. The molecule has 6 heteroatoms. The zero-order chi connectivity index (χ0) is 13.5. The van der Waals surface area contributed by atoms with E-state index in [2.05, 4.69) is 5.32 Å². The Morgan fingerprint density at radius 2 is 2.06 bits per heavy atom. The van der Waals surface area contributed by atoms with Gasteiger partial charge in [0.15, 0.2) is 18.1 Å². The molecular formula is C12H16N2O4. The van der Waals surface area contributed by atoms with Crippen molar-refractivity contribution in [2.24, 2.45) is 5.73 Å². The highest BCUT2D eigenvalue weighted by Gasteiger charge is 2.08. The van der Waals surface area contributed by atoms with E-state index in [0.717, 1.165) is 5.56 Å². The van der Waals surface area contributed by atoms with E-state index in [0.29, 0.717) is 11.5 Å². The number of amides is 2. The lowest BCUT2D eigenvalue weighted by Crippen LogP contribution is -2.36. The molecule has 0 atom stereocenters. The van der Waals surface area contributed by atoms with Crippen molar-refractivity contribution in [3.63, 3.8) is 0 Å². The van der Waals surface area contributed by atoms with Crippen LogP contribution in [0.5, 0.6) is 11.5 Å². The van der Waals surface area contributed by atoms with Crippen LogP contribution in [0.1, 0.15) is 5.56 Å². The third-order valence-corrected chi connectivity index (χ3v) is 2.14. The molecule has 0 aromatic heterocycles. The number of nitrogens with two attached hydrogens (primary N) is 1. The van der Waals surface area contributed by atoms with Crippen molar-refractivity contribution in [3.05, 3.63) is 23.8 Å². The molecule has 0 aliphatic rings. The zero-order valence-corrected chi connectivity index (χ0v) is 10.4.